The molecule has 0 aliphatic carbocycles. The number of allylic oxidation sites excluding steroid dienone is 3. The molecule has 0 N–H and O–H groups in total. The molecule has 0 atom stereocenters. The third kappa shape index (κ3) is 2.35. The zero-order valence-electron chi connectivity index (χ0n) is 5.05. The Kier molecular flexibility index (Phi) is 3.06. The fourth-order valence-corrected chi connectivity index (χ4v) is 0.351. The standard InChI is InChI=1S/C6H7F3/c1-4(8)6(3-7)5(2)9/h1,3H2,2H3/b6-5+. The zero-order chi connectivity index (χ0) is 7.44. The third-order valence-electron chi connectivity index (χ3n) is 0.877. The normalized spacial score (nSPS) is 12.9. The topological polar surface area (TPSA) is 0 Å². The summed E-state index contributed by atoms with van der Waals surface area (Å²) in [6, 6.07) is 0. The number of hydrogen-bond acceptors (Lipinski definition) is 0. The first-order valence-electron chi connectivity index (χ1n) is 2.35. The Balaban J connectivity index is 4.35. The highest BCUT2D eigenvalue weighted by Gasteiger charge is 2.04. The van der Waals surface area contributed by atoms with Gasteiger partial charge in [-0.15, -0.1) is 0 Å². The van der Waals surface area contributed by atoms with Crippen LogP contribution >= 0.6 is 0 Å². The van der Waals surface area contributed by atoms with Crippen LogP contribution in [0, 0.1) is 0 Å². The van der Waals surface area contributed by atoms with E-state index in [4.69, 9.17) is 0 Å². The van der Waals surface area contributed by atoms with Gasteiger partial charge in [-0.2, -0.15) is 0 Å². The molecule has 0 spiro atoms. The van der Waals surface area contributed by atoms with Gasteiger partial charge in [-0.3, -0.25) is 0 Å². The molecule has 0 fully saturated rings. The van der Waals surface area contributed by atoms with E-state index in [0.29, 0.717) is 0 Å². The Bertz CT molecular complexity index is 142. The number of halogens is 3. The minimum Gasteiger partial charge on any atom is -0.246 e. The van der Waals surface area contributed by atoms with Crippen LogP contribution < -0.4 is 0 Å². The number of alkyl halides is 1. The van der Waals surface area contributed by atoms with Crippen LogP contribution in [-0.4, -0.2) is 6.67 Å². The fraction of sp³-hybridized carbons (Fsp3) is 0.333. The van der Waals surface area contributed by atoms with Crippen molar-refractivity contribution in [3.8, 4) is 0 Å². The molecule has 0 saturated heterocycles. The van der Waals surface area contributed by atoms with Gasteiger partial charge >= 0.3 is 0 Å². The van der Waals surface area contributed by atoms with E-state index >= 15 is 0 Å². The second-order valence-corrected chi connectivity index (χ2v) is 1.55. The van der Waals surface area contributed by atoms with E-state index in [-0.39, 0.29) is 0 Å². The monoisotopic (exact) mass is 136 g/mol. The molecule has 52 valence electrons. The highest BCUT2D eigenvalue weighted by molar-refractivity contribution is 5.24. The molecule has 0 heterocycles. The predicted octanol–water partition coefficient (Wildman–Crippen LogP) is 2.68. The average molecular weight is 136 g/mol. The van der Waals surface area contributed by atoms with Crippen molar-refractivity contribution in [2.45, 2.75) is 6.92 Å². The third-order valence-corrected chi connectivity index (χ3v) is 0.877. The van der Waals surface area contributed by atoms with Gasteiger partial charge in [-0.1, -0.05) is 6.58 Å². The summed E-state index contributed by atoms with van der Waals surface area (Å²) in [5.74, 6) is -1.90. The van der Waals surface area contributed by atoms with E-state index in [1.807, 2.05) is 0 Å². The molecule has 0 nitrogen and oxygen atoms in total. The van der Waals surface area contributed by atoms with Crippen molar-refractivity contribution < 1.29 is 13.2 Å². The maximum atomic E-state index is 12.0. The van der Waals surface area contributed by atoms with Gasteiger partial charge in [0.05, 0.1) is 0 Å². The van der Waals surface area contributed by atoms with Gasteiger partial charge in [0, 0.05) is 5.57 Å². The van der Waals surface area contributed by atoms with Crippen molar-refractivity contribution in [3.63, 3.8) is 0 Å². The van der Waals surface area contributed by atoms with Crippen LogP contribution in [0.5, 0.6) is 0 Å². The van der Waals surface area contributed by atoms with Crippen molar-refractivity contribution in [2.75, 3.05) is 6.67 Å². The lowest BCUT2D eigenvalue weighted by Gasteiger charge is -1.95. The average Bonchev–Trinajstić information content (AvgIpc) is 1.64. The molecule has 0 saturated carbocycles. The lowest BCUT2D eigenvalue weighted by Crippen LogP contribution is -1.87. The van der Waals surface area contributed by atoms with E-state index in [2.05, 4.69) is 6.58 Å². The summed E-state index contributed by atoms with van der Waals surface area (Å²) in [7, 11) is 0. The first-order chi connectivity index (χ1) is 4.09. The van der Waals surface area contributed by atoms with Crippen LogP contribution in [0.4, 0.5) is 13.2 Å². The molecule has 0 radical (unpaired) electrons. The molecular formula is C6H7F3. The van der Waals surface area contributed by atoms with E-state index < -0.39 is 23.9 Å². The van der Waals surface area contributed by atoms with Crippen LogP contribution in [0.3, 0.4) is 0 Å². The van der Waals surface area contributed by atoms with Crippen molar-refractivity contribution in [1.29, 1.82) is 0 Å². The fourth-order valence-electron chi connectivity index (χ4n) is 0.351. The van der Waals surface area contributed by atoms with Gasteiger partial charge in [0.2, 0.25) is 0 Å². The molecule has 0 aromatic heterocycles. The van der Waals surface area contributed by atoms with Crippen molar-refractivity contribution >= 4 is 0 Å². The van der Waals surface area contributed by atoms with Crippen LogP contribution in [0.1, 0.15) is 6.92 Å². The highest BCUT2D eigenvalue weighted by Crippen LogP contribution is 2.15. The SMILES string of the molecule is C=C(F)/C(CF)=C(\C)F. The minimum absolute atomic E-state index is 0.588. The van der Waals surface area contributed by atoms with Gasteiger partial charge in [0.25, 0.3) is 0 Å². The van der Waals surface area contributed by atoms with Crippen LogP contribution in [0.25, 0.3) is 0 Å². The zero-order valence-corrected chi connectivity index (χ0v) is 5.05. The van der Waals surface area contributed by atoms with Gasteiger partial charge in [-0.25, -0.2) is 13.2 Å². The number of hydrogen-bond donors (Lipinski definition) is 0. The summed E-state index contributed by atoms with van der Waals surface area (Å²) in [5, 5.41) is 0. The van der Waals surface area contributed by atoms with E-state index in [1.54, 1.807) is 0 Å². The summed E-state index contributed by atoms with van der Waals surface area (Å²) in [5.41, 5.74) is -0.588. The molecule has 3 heteroatoms. The molecule has 0 aromatic rings. The largest absolute Gasteiger partial charge is 0.246 e. The van der Waals surface area contributed by atoms with Gasteiger partial charge in [0.15, 0.2) is 0 Å². The minimum atomic E-state index is -1.14. The van der Waals surface area contributed by atoms with E-state index in [9.17, 15) is 13.2 Å². The lowest BCUT2D eigenvalue weighted by atomic mass is 10.2. The van der Waals surface area contributed by atoms with Crippen LogP contribution in [0.2, 0.25) is 0 Å². The second kappa shape index (κ2) is 3.33. The van der Waals surface area contributed by atoms with Gasteiger partial charge in [0.1, 0.15) is 18.3 Å². The smallest absolute Gasteiger partial charge is 0.124 e. The molecule has 0 bridgehead atoms. The molecule has 0 rings (SSSR count). The van der Waals surface area contributed by atoms with Gasteiger partial charge in [-0.05, 0) is 6.92 Å². The summed E-state index contributed by atoms with van der Waals surface area (Å²) >= 11 is 0. The predicted molar refractivity (Wildman–Crippen MR) is 30.0 cm³/mol. The quantitative estimate of drug-likeness (QED) is 0.512. The first kappa shape index (κ1) is 8.27. The van der Waals surface area contributed by atoms with Crippen LogP contribution in [-0.2, 0) is 0 Å². The molecule has 9 heavy (non-hydrogen) atoms. The summed E-state index contributed by atoms with van der Waals surface area (Å²) in [6.07, 6.45) is 0. The first-order valence-corrected chi connectivity index (χ1v) is 2.35. The second-order valence-electron chi connectivity index (χ2n) is 1.55. The van der Waals surface area contributed by atoms with Crippen LogP contribution in [0.15, 0.2) is 23.8 Å². The molecule has 0 aliphatic heterocycles. The maximum absolute atomic E-state index is 12.0. The van der Waals surface area contributed by atoms with Gasteiger partial charge < -0.3 is 0 Å². The highest BCUT2D eigenvalue weighted by atomic mass is 19.1. The summed E-state index contributed by atoms with van der Waals surface area (Å²) < 4.78 is 35.4. The Morgan fingerprint density at radius 3 is 1.89 bits per heavy atom. The van der Waals surface area contributed by atoms with Crippen molar-refractivity contribution in [2.24, 2.45) is 0 Å². The van der Waals surface area contributed by atoms with E-state index in [1.165, 1.54) is 0 Å². The van der Waals surface area contributed by atoms with Crippen molar-refractivity contribution in [1.82, 2.24) is 0 Å². The molecular weight excluding hydrogens is 129 g/mol. The number of rotatable bonds is 2. The summed E-state index contributed by atoms with van der Waals surface area (Å²) in [4.78, 5) is 0. The Hall–Kier alpha value is -0.730. The lowest BCUT2D eigenvalue weighted by molar-refractivity contribution is 0.499. The molecule has 0 aliphatic rings. The molecule has 0 amide bonds. The Morgan fingerprint density at radius 2 is 1.89 bits per heavy atom. The molecule has 0 unspecified atom stereocenters. The Labute approximate surface area is 51.7 Å². The van der Waals surface area contributed by atoms with E-state index in [0.717, 1.165) is 6.92 Å². The maximum Gasteiger partial charge on any atom is 0.124 e. The Morgan fingerprint density at radius 1 is 1.44 bits per heavy atom. The van der Waals surface area contributed by atoms with Crippen molar-refractivity contribution in [3.05, 3.63) is 23.8 Å². The molecule has 0 aromatic carbocycles. The summed E-state index contributed by atoms with van der Waals surface area (Å²) in [6.45, 7) is 2.59.